The molecule has 2 aromatic rings. The highest BCUT2D eigenvalue weighted by molar-refractivity contribution is 6.01. The number of hydrogen-bond acceptors (Lipinski definition) is 6. The van der Waals surface area contributed by atoms with E-state index < -0.39 is 29.8 Å². The molecular formula is C29H35N5O6. The van der Waals surface area contributed by atoms with Crippen LogP contribution in [0, 0.1) is 0 Å². The lowest BCUT2D eigenvalue weighted by Crippen LogP contribution is -2.51. The van der Waals surface area contributed by atoms with Gasteiger partial charge in [0.2, 0.25) is 23.6 Å². The third-order valence-electron chi connectivity index (χ3n) is 6.83. The summed E-state index contributed by atoms with van der Waals surface area (Å²) in [4.78, 5) is 65.1. The van der Waals surface area contributed by atoms with Gasteiger partial charge in [-0.25, -0.2) is 0 Å². The summed E-state index contributed by atoms with van der Waals surface area (Å²) >= 11 is 0. The third kappa shape index (κ3) is 7.81. The molecule has 0 radical (unpaired) electrons. The molecule has 2 aliphatic rings. The van der Waals surface area contributed by atoms with Crippen molar-refractivity contribution in [1.82, 2.24) is 26.2 Å². The molecule has 40 heavy (non-hydrogen) atoms. The van der Waals surface area contributed by atoms with Gasteiger partial charge in [0, 0.05) is 32.6 Å². The van der Waals surface area contributed by atoms with Gasteiger partial charge in [0.05, 0.1) is 18.6 Å². The molecule has 1 fully saturated rings. The Bertz CT molecular complexity index is 1250. The average molecular weight is 550 g/mol. The van der Waals surface area contributed by atoms with Gasteiger partial charge in [-0.1, -0.05) is 36.4 Å². The number of nitrogens with zero attached hydrogens (tertiary/aromatic N) is 1. The van der Waals surface area contributed by atoms with Crippen LogP contribution in [0.4, 0.5) is 0 Å². The fraction of sp³-hybridized carbons (Fsp3) is 0.414. The van der Waals surface area contributed by atoms with Crippen molar-refractivity contribution in [1.29, 1.82) is 0 Å². The number of carbonyl (C=O) groups is 5. The Morgan fingerprint density at radius 3 is 2.50 bits per heavy atom. The number of amides is 5. The van der Waals surface area contributed by atoms with E-state index in [1.165, 1.54) is 0 Å². The zero-order valence-corrected chi connectivity index (χ0v) is 22.5. The van der Waals surface area contributed by atoms with Crippen LogP contribution in [0.25, 0.3) is 0 Å². The Balaban J connectivity index is 1.44. The highest BCUT2D eigenvalue weighted by Crippen LogP contribution is 2.19. The lowest BCUT2D eigenvalue weighted by molar-refractivity contribution is -0.130. The lowest BCUT2D eigenvalue weighted by Gasteiger charge is -2.20. The summed E-state index contributed by atoms with van der Waals surface area (Å²) < 4.78 is 5.76. The Labute approximate surface area is 233 Å². The summed E-state index contributed by atoms with van der Waals surface area (Å²) in [6, 6.07) is 12.2. The van der Waals surface area contributed by atoms with Crippen molar-refractivity contribution in [3.8, 4) is 5.75 Å². The maximum absolute atomic E-state index is 13.2. The summed E-state index contributed by atoms with van der Waals surface area (Å²) in [5, 5.41) is 10.8. The van der Waals surface area contributed by atoms with Crippen LogP contribution in [0.15, 0.2) is 48.5 Å². The van der Waals surface area contributed by atoms with E-state index in [0.717, 1.165) is 24.1 Å². The fourth-order valence-corrected chi connectivity index (χ4v) is 4.56. The fourth-order valence-electron chi connectivity index (χ4n) is 4.56. The minimum atomic E-state index is -1.19. The maximum atomic E-state index is 13.2. The lowest BCUT2D eigenvalue weighted by atomic mass is 10.1. The van der Waals surface area contributed by atoms with Gasteiger partial charge in [0.1, 0.15) is 17.8 Å². The number of carbonyl (C=O) groups excluding carboxylic acids is 5. The normalized spacial score (nSPS) is 20.7. The number of rotatable bonds is 5. The summed E-state index contributed by atoms with van der Waals surface area (Å²) in [6.45, 7) is 3.65. The van der Waals surface area contributed by atoms with Crippen LogP contribution < -0.4 is 26.0 Å². The van der Waals surface area contributed by atoms with E-state index in [0.29, 0.717) is 31.7 Å². The van der Waals surface area contributed by atoms with Crippen molar-refractivity contribution in [2.75, 3.05) is 19.7 Å². The van der Waals surface area contributed by atoms with Crippen LogP contribution in [0.2, 0.25) is 0 Å². The van der Waals surface area contributed by atoms with Crippen molar-refractivity contribution in [3.63, 3.8) is 0 Å². The zero-order valence-electron chi connectivity index (χ0n) is 22.5. The van der Waals surface area contributed by atoms with Crippen LogP contribution in [0.5, 0.6) is 5.75 Å². The first kappa shape index (κ1) is 28.6. The average Bonchev–Trinajstić information content (AvgIpc) is 3.35. The number of fused-ring (bicyclic) bond motifs is 1. The second-order valence-corrected chi connectivity index (χ2v) is 9.96. The minimum Gasteiger partial charge on any atom is -0.493 e. The molecule has 0 spiro atoms. The number of para-hydroxylation sites is 1. The van der Waals surface area contributed by atoms with Crippen LogP contribution >= 0.6 is 0 Å². The third-order valence-corrected chi connectivity index (χ3v) is 6.83. The smallest absolute Gasteiger partial charge is 0.255 e. The Morgan fingerprint density at radius 2 is 1.75 bits per heavy atom. The topological polar surface area (TPSA) is 146 Å². The Kier molecular flexibility index (Phi) is 9.71. The van der Waals surface area contributed by atoms with E-state index in [9.17, 15) is 24.0 Å². The summed E-state index contributed by atoms with van der Waals surface area (Å²) in [7, 11) is 0. The predicted molar refractivity (Wildman–Crippen MR) is 146 cm³/mol. The van der Waals surface area contributed by atoms with Gasteiger partial charge in [-0.2, -0.15) is 0 Å². The molecule has 2 heterocycles. The first-order valence-corrected chi connectivity index (χ1v) is 13.5. The van der Waals surface area contributed by atoms with Gasteiger partial charge < -0.3 is 30.9 Å². The molecule has 4 rings (SSSR count). The second kappa shape index (κ2) is 13.6. The molecule has 5 amide bonds. The predicted octanol–water partition coefficient (Wildman–Crippen LogP) is 1.02. The molecule has 4 N–H and O–H groups in total. The van der Waals surface area contributed by atoms with Crippen molar-refractivity contribution in [3.05, 3.63) is 65.2 Å². The van der Waals surface area contributed by atoms with Gasteiger partial charge in [0.15, 0.2) is 0 Å². The van der Waals surface area contributed by atoms with Gasteiger partial charge in [0.25, 0.3) is 5.91 Å². The number of ether oxygens (including phenoxy) is 1. The number of likely N-dealkylation sites (tertiary alicyclic amines) is 1. The van der Waals surface area contributed by atoms with Gasteiger partial charge in [-0.3, -0.25) is 24.0 Å². The van der Waals surface area contributed by atoms with Crippen LogP contribution in [0.3, 0.4) is 0 Å². The molecule has 2 aromatic carbocycles. The van der Waals surface area contributed by atoms with E-state index in [1.54, 1.807) is 31.2 Å². The molecule has 11 heteroatoms. The van der Waals surface area contributed by atoms with Crippen LogP contribution in [0.1, 0.15) is 54.1 Å². The number of nitrogens with one attached hydrogen (secondary N) is 4. The first-order chi connectivity index (χ1) is 19.3. The highest BCUT2D eigenvalue weighted by atomic mass is 16.5. The van der Waals surface area contributed by atoms with Gasteiger partial charge >= 0.3 is 0 Å². The molecular weight excluding hydrogens is 514 g/mol. The summed E-state index contributed by atoms with van der Waals surface area (Å²) in [5.74, 6) is -1.51. The second-order valence-electron chi connectivity index (χ2n) is 9.96. The molecule has 0 saturated carbocycles. The number of benzene rings is 2. The molecule has 11 nitrogen and oxygen atoms in total. The quantitative estimate of drug-likeness (QED) is 0.438. The van der Waals surface area contributed by atoms with Crippen molar-refractivity contribution in [2.24, 2.45) is 0 Å². The molecule has 0 bridgehead atoms. The Morgan fingerprint density at radius 1 is 1.00 bits per heavy atom. The first-order valence-electron chi connectivity index (χ1n) is 13.5. The van der Waals surface area contributed by atoms with Crippen molar-refractivity contribution in [2.45, 2.75) is 57.8 Å². The zero-order chi connectivity index (χ0) is 28.5. The van der Waals surface area contributed by atoms with Crippen molar-refractivity contribution < 1.29 is 28.7 Å². The Hall–Kier alpha value is -4.41. The van der Waals surface area contributed by atoms with E-state index in [-0.39, 0.29) is 37.0 Å². The van der Waals surface area contributed by atoms with E-state index >= 15 is 0 Å². The molecule has 2 aliphatic heterocycles. The highest BCUT2D eigenvalue weighted by Gasteiger charge is 2.27. The van der Waals surface area contributed by atoms with Gasteiger partial charge in [-0.15, -0.1) is 0 Å². The largest absolute Gasteiger partial charge is 0.493 e. The number of hydrogen-bond donors (Lipinski definition) is 4. The molecule has 0 aliphatic carbocycles. The summed E-state index contributed by atoms with van der Waals surface area (Å²) in [5.41, 5.74) is 2.05. The molecule has 1 saturated heterocycles. The van der Waals surface area contributed by atoms with E-state index in [4.69, 9.17) is 4.74 Å². The standard InChI is InChI=1S/C29H35N5O6/c1-19-27(37)30-13-5-15-40-24-7-3-2-6-22(24)28(38)33-23(16-25(35)32-19)29(39)31-17-20-9-11-21(12-10-20)18-34-14-4-8-26(34)36/h2-3,6-7,9-12,19,23H,4-5,8,13-18H2,1H3,(H,30,37)(H,31,39)(H,32,35)(H,33,38)/t19-,23-/m0/s1. The molecule has 212 valence electrons. The van der Waals surface area contributed by atoms with Crippen LogP contribution in [-0.4, -0.2) is 66.2 Å². The molecule has 0 aromatic heterocycles. The van der Waals surface area contributed by atoms with Crippen molar-refractivity contribution >= 4 is 29.5 Å². The van der Waals surface area contributed by atoms with E-state index in [1.807, 2.05) is 29.2 Å². The van der Waals surface area contributed by atoms with Gasteiger partial charge in [-0.05, 0) is 43.0 Å². The maximum Gasteiger partial charge on any atom is 0.255 e. The van der Waals surface area contributed by atoms with E-state index in [2.05, 4.69) is 21.3 Å². The minimum absolute atomic E-state index is 0.158. The SMILES string of the molecule is C[C@@H]1NC(=O)C[C@@H](C(=O)NCc2ccc(CN3CCCC3=O)cc2)NC(=O)c2ccccc2OCCCNC1=O. The monoisotopic (exact) mass is 549 g/mol. The summed E-state index contributed by atoms with van der Waals surface area (Å²) in [6.07, 6.45) is 1.61. The molecule has 2 atom stereocenters. The molecule has 0 unspecified atom stereocenters. The van der Waals surface area contributed by atoms with Crippen LogP contribution in [-0.2, 0) is 32.3 Å².